The van der Waals surface area contributed by atoms with Gasteiger partial charge in [0.2, 0.25) is 0 Å². The Bertz CT molecular complexity index is 150. The molecule has 2 nitrogen and oxygen atoms in total. The van der Waals surface area contributed by atoms with Crippen LogP contribution in [0.5, 0.6) is 0 Å². The first-order chi connectivity index (χ1) is 3.93. The maximum Gasteiger partial charge on any atom is 0.0681 e. The number of aliphatic hydroxyl groups excluding tert-OH is 1. The average molecular weight is 122 g/mol. The van der Waals surface area contributed by atoms with Crippen LogP contribution in [-0.4, -0.2) is 5.11 Å². The quantitative estimate of drug-likeness (QED) is 0.585. The number of hydrogen-bond donors (Lipinski definition) is 1. The third-order valence-corrected chi connectivity index (χ3v) is 1.03. The van der Waals surface area contributed by atoms with Gasteiger partial charge in [-0.15, -0.1) is 0 Å². The molecular weight excluding hydrogens is 114 g/mol. The number of aliphatic hydroxyl groups is 1. The van der Waals surface area contributed by atoms with E-state index in [0.717, 1.165) is 5.56 Å². The lowest BCUT2D eigenvalue weighted by Gasteiger charge is -1.89. The first kappa shape index (κ1) is 8.14. The lowest BCUT2D eigenvalue weighted by Crippen LogP contribution is -1.77. The molecule has 0 aliphatic carbocycles. The lowest BCUT2D eigenvalue weighted by atomic mass is 10.2. The van der Waals surface area contributed by atoms with Crippen molar-refractivity contribution in [1.82, 2.24) is 6.15 Å². The molecule has 0 heterocycles. The molecule has 0 bridgehead atoms. The molecule has 0 spiro atoms. The van der Waals surface area contributed by atoms with E-state index in [0.29, 0.717) is 0 Å². The van der Waals surface area contributed by atoms with Crippen LogP contribution in [0, 0.1) is 0 Å². The van der Waals surface area contributed by atoms with E-state index < -0.39 is 0 Å². The van der Waals surface area contributed by atoms with E-state index >= 15 is 0 Å². The standard InChI is InChI=1S/C7H8O.N/c8-6-7-4-2-1-3-5-7;/h1-5,8H,6H2;. The van der Waals surface area contributed by atoms with Crippen LogP contribution < -0.4 is 6.15 Å². The van der Waals surface area contributed by atoms with Crippen molar-refractivity contribution >= 4 is 0 Å². The second-order valence-electron chi connectivity index (χ2n) is 1.64. The van der Waals surface area contributed by atoms with E-state index in [-0.39, 0.29) is 12.8 Å². The van der Waals surface area contributed by atoms with E-state index in [9.17, 15) is 0 Å². The fourth-order valence-electron chi connectivity index (χ4n) is 0.583. The molecule has 0 amide bonds. The van der Waals surface area contributed by atoms with Crippen LogP contribution in [0.4, 0.5) is 0 Å². The van der Waals surface area contributed by atoms with Crippen molar-refractivity contribution in [3.63, 3.8) is 0 Å². The van der Waals surface area contributed by atoms with Crippen molar-refractivity contribution in [3.05, 3.63) is 35.9 Å². The molecule has 9 heavy (non-hydrogen) atoms. The number of rotatable bonds is 1. The van der Waals surface area contributed by atoms with Crippen LogP contribution in [0.25, 0.3) is 0 Å². The van der Waals surface area contributed by atoms with E-state index in [4.69, 9.17) is 5.11 Å². The van der Waals surface area contributed by atoms with Crippen LogP contribution in [0.3, 0.4) is 0 Å². The largest absolute Gasteiger partial charge is 0.392 e. The predicted molar refractivity (Wildman–Crippen MR) is 34.5 cm³/mol. The smallest absolute Gasteiger partial charge is 0.0681 e. The zero-order valence-corrected chi connectivity index (χ0v) is 4.99. The summed E-state index contributed by atoms with van der Waals surface area (Å²) in [6, 6.07) is 9.52. The van der Waals surface area contributed by atoms with Gasteiger partial charge >= 0.3 is 0 Å². The van der Waals surface area contributed by atoms with Gasteiger partial charge in [-0.2, -0.15) is 0 Å². The lowest BCUT2D eigenvalue weighted by molar-refractivity contribution is 0.282. The van der Waals surface area contributed by atoms with Gasteiger partial charge in [-0.3, -0.25) is 0 Å². The van der Waals surface area contributed by atoms with Gasteiger partial charge in [-0.1, -0.05) is 30.3 Å². The van der Waals surface area contributed by atoms with Gasteiger partial charge in [-0.25, -0.2) is 0 Å². The van der Waals surface area contributed by atoms with Crippen molar-refractivity contribution in [2.24, 2.45) is 0 Å². The Morgan fingerprint density at radius 2 is 1.67 bits per heavy atom. The molecule has 1 rings (SSSR count). The van der Waals surface area contributed by atoms with Crippen LogP contribution in [0.2, 0.25) is 0 Å². The number of hydrogen-bond acceptors (Lipinski definition) is 1. The molecule has 0 unspecified atom stereocenters. The highest BCUT2D eigenvalue weighted by Gasteiger charge is 1.81. The Hall–Kier alpha value is -0.860. The van der Waals surface area contributed by atoms with E-state index in [2.05, 4.69) is 0 Å². The van der Waals surface area contributed by atoms with E-state index in [1.807, 2.05) is 30.3 Å². The molecular formula is C7H8NO. The molecule has 1 aromatic carbocycles. The summed E-state index contributed by atoms with van der Waals surface area (Å²) in [5.74, 6) is 0. The molecule has 0 aliphatic rings. The third-order valence-electron chi connectivity index (χ3n) is 1.03. The average Bonchev–Trinajstić information content (AvgIpc) is 1.90. The summed E-state index contributed by atoms with van der Waals surface area (Å²) in [5.41, 5.74) is 0.965. The Morgan fingerprint density at radius 1 is 1.11 bits per heavy atom. The molecule has 47 valence electrons. The van der Waals surface area contributed by atoms with Gasteiger partial charge in [0.25, 0.3) is 0 Å². The Labute approximate surface area is 54.7 Å². The molecule has 0 saturated carbocycles. The highest BCUT2D eigenvalue weighted by atomic mass is 16.3. The summed E-state index contributed by atoms with van der Waals surface area (Å²) >= 11 is 0. The normalized spacial score (nSPS) is 8.11. The molecule has 1 aromatic rings. The minimum atomic E-state index is 0. The van der Waals surface area contributed by atoms with E-state index in [1.165, 1.54) is 0 Å². The summed E-state index contributed by atoms with van der Waals surface area (Å²) < 4.78 is 0. The highest BCUT2D eigenvalue weighted by Crippen LogP contribution is 1.95. The summed E-state index contributed by atoms with van der Waals surface area (Å²) in [4.78, 5) is 0. The zero-order valence-electron chi connectivity index (χ0n) is 4.99. The third kappa shape index (κ3) is 2.26. The van der Waals surface area contributed by atoms with Gasteiger partial charge in [0, 0.05) is 6.15 Å². The fourth-order valence-corrected chi connectivity index (χ4v) is 0.583. The van der Waals surface area contributed by atoms with Crippen molar-refractivity contribution in [2.45, 2.75) is 6.61 Å². The van der Waals surface area contributed by atoms with Gasteiger partial charge in [0.05, 0.1) is 6.61 Å². The molecule has 3 radical (unpaired) electrons. The maximum absolute atomic E-state index is 8.54. The van der Waals surface area contributed by atoms with Crippen molar-refractivity contribution in [1.29, 1.82) is 0 Å². The topological polar surface area (TPSA) is 50.7 Å². The molecule has 1 N–H and O–H groups in total. The minimum absolute atomic E-state index is 0. The zero-order chi connectivity index (χ0) is 5.82. The first-order valence-corrected chi connectivity index (χ1v) is 2.58. The molecule has 0 aromatic heterocycles. The summed E-state index contributed by atoms with van der Waals surface area (Å²) in [6.07, 6.45) is 0. The molecule has 0 fully saturated rings. The highest BCUT2D eigenvalue weighted by molar-refractivity contribution is 5.12. The summed E-state index contributed by atoms with van der Waals surface area (Å²) in [6.45, 7) is 0.140. The van der Waals surface area contributed by atoms with E-state index in [1.54, 1.807) is 0 Å². The maximum atomic E-state index is 8.54. The molecule has 0 aliphatic heterocycles. The first-order valence-electron chi connectivity index (χ1n) is 2.58. The Kier molecular flexibility index (Phi) is 3.67. The summed E-state index contributed by atoms with van der Waals surface area (Å²) in [7, 11) is 0. The fraction of sp³-hybridized carbons (Fsp3) is 0.143. The second kappa shape index (κ2) is 4.06. The Morgan fingerprint density at radius 3 is 2.00 bits per heavy atom. The van der Waals surface area contributed by atoms with Crippen LogP contribution in [-0.2, 0) is 6.61 Å². The van der Waals surface area contributed by atoms with Crippen LogP contribution in [0.15, 0.2) is 30.3 Å². The number of nitrogens with zero attached hydrogens (tertiary/aromatic N) is 1. The van der Waals surface area contributed by atoms with Gasteiger partial charge in [0.15, 0.2) is 0 Å². The minimum Gasteiger partial charge on any atom is -0.392 e. The van der Waals surface area contributed by atoms with Gasteiger partial charge < -0.3 is 5.11 Å². The van der Waals surface area contributed by atoms with Gasteiger partial charge in [0.1, 0.15) is 0 Å². The van der Waals surface area contributed by atoms with Crippen LogP contribution in [0.1, 0.15) is 5.56 Å². The molecule has 2 heteroatoms. The second-order valence-corrected chi connectivity index (χ2v) is 1.64. The molecule has 0 atom stereocenters. The van der Waals surface area contributed by atoms with Crippen LogP contribution >= 0.6 is 0 Å². The van der Waals surface area contributed by atoms with Crippen molar-refractivity contribution in [2.75, 3.05) is 0 Å². The molecule has 0 saturated heterocycles. The summed E-state index contributed by atoms with van der Waals surface area (Å²) in [5, 5.41) is 8.54. The monoisotopic (exact) mass is 122 g/mol. The SMILES string of the molecule is OCc1ccccc1.[N]. The predicted octanol–water partition coefficient (Wildman–Crippen LogP) is 0.698. The van der Waals surface area contributed by atoms with Gasteiger partial charge in [-0.05, 0) is 5.56 Å². The Balaban J connectivity index is 0.000000640. The van der Waals surface area contributed by atoms with Crippen molar-refractivity contribution < 1.29 is 5.11 Å². The number of benzene rings is 1. The van der Waals surface area contributed by atoms with Crippen molar-refractivity contribution in [3.8, 4) is 0 Å².